The molecule has 30 heavy (non-hydrogen) atoms. The first-order chi connectivity index (χ1) is 14.7. The molecule has 0 radical (unpaired) electrons. The van der Waals surface area contributed by atoms with Crippen molar-refractivity contribution in [1.29, 1.82) is 0 Å². The molecule has 0 unspecified atom stereocenters. The molecule has 0 saturated heterocycles. The van der Waals surface area contributed by atoms with Gasteiger partial charge >= 0.3 is 12.1 Å². The SMILES string of the molecule is C=CCOC(=O)[C@@H](CCCCO)NC(=O)OCC1c2ccccc2-c2ccccc21. The van der Waals surface area contributed by atoms with Gasteiger partial charge in [-0.25, -0.2) is 9.59 Å². The number of carbonyl (C=O) groups excluding carboxylic acids is 2. The van der Waals surface area contributed by atoms with Gasteiger partial charge in [-0.2, -0.15) is 0 Å². The molecule has 1 aliphatic carbocycles. The van der Waals surface area contributed by atoms with E-state index in [4.69, 9.17) is 14.6 Å². The highest BCUT2D eigenvalue weighted by Gasteiger charge is 2.29. The van der Waals surface area contributed by atoms with Crippen molar-refractivity contribution < 1.29 is 24.2 Å². The van der Waals surface area contributed by atoms with E-state index in [1.165, 1.54) is 6.08 Å². The Kier molecular flexibility index (Phi) is 7.63. The number of aliphatic hydroxyl groups is 1. The summed E-state index contributed by atoms with van der Waals surface area (Å²) in [7, 11) is 0. The van der Waals surface area contributed by atoms with Crippen molar-refractivity contribution in [2.24, 2.45) is 0 Å². The van der Waals surface area contributed by atoms with Crippen LogP contribution in [0.3, 0.4) is 0 Å². The summed E-state index contributed by atoms with van der Waals surface area (Å²) < 4.78 is 10.6. The summed E-state index contributed by atoms with van der Waals surface area (Å²) in [5, 5.41) is 11.6. The zero-order valence-corrected chi connectivity index (χ0v) is 16.9. The van der Waals surface area contributed by atoms with Crippen molar-refractivity contribution in [2.45, 2.75) is 31.2 Å². The highest BCUT2D eigenvalue weighted by Crippen LogP contribution is 2.44. The molecule has 2 aromatic rings. The minimum absolute atomic E-state index is 0.0272. The molecule has 0 saturated carbocycles. The quantitative estimate of drug-likeness (QED) is 0.354. The van der Waals surface area contributed by atoms with E-state index >= 15 is 0 Å². The molecule has 2 aromatic carbocycles. The fourth-order valence-corrected chi connectivity index (χ4v) is 3.73. The molecule has 0 fully saturated rings. The van der Waals surface area contributed by atoms with Gasteiger partial charge in [0.05, 0.1) is 0 Å². The highest BCUT2D eigenvalue weighted by molar-refractivity contribution is 5.82. The van der Waals surface area contributed by atoms with E-state index in [2.05, 4.69) is 24.0 Å². The number of ether oxygens (including phenoxy) is 2. The van der Waals surface area contributed by atoms with Crippen LogP contribution in [0.4, 0.5) is 4.79 Å². The molecule has 0 aliphatic heterocycles. The molecule has 1 aliphatic rings. The van der Waals surface area contributed by atoms with Gasteiger partial charge in [-0.05, 0) is 41.5 Å². The number of fused-ring (bicyclic) bond motifs is 3. The normalized spacial score (nSPS) is 13.1. The molecule has 6 nitrogen and oxygen atoms in total. The third-order valence-electron chi connectivity index (χ3n) is 5.16. The molecule has 0 bridgehead atoms. The lowest BCUT2D eigenvalue weighted by Crippen LogP contribution is -2.42. The molecular formula is C24H27NO5. The molecule has 1 amide bonds. The molecule has 158 valence electrons. The van der Waals surface area contributed by atoms with Crippen LogP contribution in [0.25, 0.3) is 11.1 Å². The summed E-state index contributed by atoms with van der Waals surface area (Å²) in [5.41, 5.74) is 4.54. The third-order valence-corrected chi connectivity index (χ3v) is 5.16. The molecular weight excluding hydrogens is 382 g/mol. The summed E-state index contributed by atoms with van der Waals surface area (Å²) >= 11 is 0. The number of esters is 1. The highest BCUT2D eigenvalue weighted by atomic mass is 16.6. The molecule has 0 aromatic heterocycles. The Morgan fingerprint density at radius 1 is 1.03 bits per heavy atom. The molecule has 0 heterocycles. The van der Waals surface area contributed by atoms with Gasteiger partial charge in [-0.3, -0.25) is 0 Å². The second kappa shape index (κ2) is 10.6. The van der Waals surface area contributed by atoms with Gasteiger partial charge in [0, 0.05) is 12.5 Å². The van der Waals surface area contributed by atoms with Gasteiger partial charge in [0.1, 0.15) is 19.3 Å². The van der Waals surface area contributed by atoms with Crippen LogP contribution in [0.2, 0.25) is 0 Å². The Morgan fingerprint density at radius 2 is 1.67 bits per heavy atom. The summed E-state index contributed by atoms with van der Waals surface area (Å²) in [6.45, 7) is 3.79. The second-order valence-corrected chi connectivity index (χ2v) is 7.16. The first-order valence-corrected chi connectivity index (χ1v) is 10.2. The number of amides is 1. The largest absolute Gasteiger partial charge is 0.460 e. The smallest absolute Gasteiger partial charge is 0.407 e. The minimum atomic E-state index is -0.827. The maximum Gasteiger partial charge on any atom is 0.407 e. The zero-order chi connectivity index (χ0) is 21.3. The van der Waals surface area contributed by atoms with Crippen molar-refractivity contribution >= 4 is 12.1 Å². The lowest BCUT2D eigenvalue weighted by atomic mass is 9.98. The molecule has 0 spiro atoms. The number of alkyl carbamates (subject to hydrolysis) is 1. The van der Waals surface area contributed by atoms with Crippen molar-refractivity contribution in [3.05, 3.63) is 72.3 Å². The van der Waals surface area contributed by atoms with Crippen molar-refractivity contribution in [1.82, 2.24) is 5.32 Å². The van der Waals surface area contributed by atoms with Crippen LogP contribution in [0.5, 0.6) is 0 Å². The van der Waals surface area contributed by atoms with Crippen molar-refractivity contribution in [2.75, 3.05) is 19.8 Å². The number of rotatable bonds is 10. The van der Waals surface area contributed by atoms with E-state index in [0.717, 1.165) is 22.3 Å². The van der Waals surface area contributed by atoms with Crippen LogP contribution in [-0.4, -0.2) is 43.0 Å². The van der Waals surface area contributed by atoms with E-state index in [1.807, 2.05) is 36.4 Å². The average Bonchev–Trinajstić information content (AvgIpc) is 3.09. The Morgan fingerprint density at radius 3 is 2.27 bits per heavy atom. The fourth-order valence-electron chi connectivity index (χ4n) is 3.73. The van der Waals surface area contributed by atoms with Crippen LogP contribution < -0.4 is 5.32 Å². The lowest BCUT2D eigenvalue weighted by molar-refractivity contribution is -0.145. The predicted molar refractivity (Wildman–Crippen MR) is 114 cm³/mol. The Bertz CT molecular complexity index is 849. The maximum atomic E-state index is 12.4. The molecule has 6 heteroatoms. The van der Waals surface area contributed by atoms with E-state index in [9.17, 15) is 9.59 Å². The maximum absolute atomic E-state index is 12.4. The first-order valence-electron chi connectivity index (χ1n) is 10.2. The second-order valence-electron chi connectivity index (χ2n) is 7.16. The van der Waals surface area contributed by atoms with Crippen molar-refractivity contribution in [3.63, 3.8) is 0 Å². The number of hydrogen-bond donors (Lipinski definition) is 2. The average molecular weight is 409 g/mol. The minimum Gasteiger partial charge on any atom is -0.460 e. The monoisotopic (exact) mass is 409 g/mol. The van der Waals surface area contributed by atoms with Crippen LogP contribution in [0.1, 0.15) is 36.3 Å². The first kappa shape index (κ1) is 21.6. The van der Waals surface area contributed by atoms with Crippen LogP contribution in [0.15, 0.2) is 61.2 Å². The topological polar surface area (TPSA) is 84.9 Å². The molecule has 2 N–H and O–H groups in total. The zero-order valence-electron chi connectivity index (χ0n) is 16.9. The third kappa shape index (κ3) is 5.07. The van der Waals surface area contributed by atoms with Gasteiger partial charge in [-0.15, -0.1) is 0 Å². The number of nitrogens with one attached hydrogen (secondary N) is 1. The van der Waals surface area contributed by atoms with Crippen LogP contribution in [0, 0.1) is 0 Å². The summed E-state index contributed by atoms with van der Waals surface area (Å²) in [6.07, 6.45) is 2.28. The fraction of sp³-hybridized carbons (Fsp3) is 0.333. The Balaban J connectivity index is 1.63. The van der Waals surface area contributed by atoms with E-state index in [0.29, 0.717) is 19.3 Å². The Hall–Kier alpha value is -3.12. The van der Waals surface area contributed by atoms with E-state index in [1.54, 1.807) is 0 Å². The summed E-state index contributed by atoms with van der Waals surface area (Å²) in [5.74, 6) is -0.593. The molecule has 1 atom stereocenters. The predicted octanol–water partition coefficient (Wildman–Crippen LogP) is 3.79. The Labute approximate surface area is 176 Å². The number of hydrogen-bond acceptors (Lipinski definition) is 5. The molecule has 3 rings (SSSR count). The lowest BCUT2D eigenvalue weighted by Gasteiger charge is -2.19. The van der Waals surface area contributed by atoms with Crippen molar-refractivity contribution in [3.8, 4) is 11.1 Å². The number of aliphatic hydroxyl groups excluding tert-OH is 1. The number of unbranched alkanes of at least 4 members (excludes halogenated alkanes) is 1. The summed E-state index contributed by atoms with van der Waals surface area (Å²) in [6, 6.07) is 15.4. The van der Waals surface area contributed by atoms with E-state index < -0.39 is 18.1 Å². The van der Waals surface area contributed by atoms with Gasteiger partial charge < -0.3 is 19.9 Å². The number of benzene rings is 2. The van der Waals surface area contributed by atoms with Gasteiger partial charge in [0.2, 0.25) is 0 Å². The van der Waals surface area contributed by atoms with Gasteiger partial charge in [0.15, 0.2) is 0 Å². The van der Waals surface area contributed by atoms with Gasteiger partial charge in [-0.1, -0.05) is 61.2 Å². The van der Waals surface area contributed by atoms with Gasteiger partial charge in [0.25, 0.3) is 0 Å². The summed E-state index contributed by atoms with van der Waals surface area (Å²) in [4.78, 5) is 24.7. The van der Waals surface area contributed by atoms with E-state index in [-0.39, 0.29) is 25.7 Å². The number of carbonyl (C=O) groups is 2. The van der Waals surface area contributed by atoms with Crippen LogP contribution in [-0.2, 0) is 14.3 Å². The van der Waals surface area contributed by atoms with Crippen LogP contribution >= 0.6 is 0 Å². The standard InChI is InChI=1S/C24H27NO5/c1-2-15-29-23(27)22(13-7-8-14-26)25-24(28)30-16-21-19-11-5-3-9-17(19)18-10-4-6-12-20(18)21/h2-6,9-12,21-22,26H,1,7-8,13-16H2,(H,25,28)/t22-/m1/s1.